The van der Waals surface area contributed by atoms with E-state index in [1.165, 1.54) is 13.8 Å². The molecule has 0 spiro atoms. The lowest BCUT2D eigenvalue weighted by Gasteiger charge is -2.29. The maximum absolute atomic E-state index is 9.62. The Morgan fingerprint density at radius 1 is 1.35 bits per heavy atom. The van der Waals surface area contributed by atoms with Gasteiger partial charge in [0, 0.05) is 10.9 Å². The second-order valence-electron chi connectivity index (χ2n) is 4.60. The first-order valence-electron chi connectivity index (χ1n) is 5.60. The van der Waals surface area contributed by atoms with Crippen LogP contribution in [0, 0.1) is 0 Å². The highest BCUT2D eigenvalue weighted by atomic mass is 35.5. The molecule has 2 N–H and O–H groups in total. The second kappa shape index (κ2) is 5.83. The molecule has 0 saturated carbocycles. The van der Waals surface area contributed by atoms with Crippen molar-refractivity contribution in [2.75, 3.05) is 6.61 Å². The van der Waals surface area contributed by atoms with Crippen LogP contribution in [0.2, 0.25) is 5.02 Å². The van der Waals surface area contributed by atoms with Crippen LogP contribution in [-0.2, 0) is 4.74 Å². The van der Waals surface area contributed by atoms with Crippen LogP contribution in [0.25, 0.3) is 0 Å². The smallest absolute Gasteiger partial charge is 0.160 e. The average molecular weight is 259 g/mol. The molecule has 0 bridgehead atoms. The van der Waals surface area contributed by atoms with Gasteiger partial charge in [-0.05, 0) is 25.5 Å². The lowest BCUT2D eigenvalue weighted by Crippen LogP contribution is -2.35. The lowest BCUT2D eigenvalue weighted by molar-refractivity contribution is -0.216. The molecule has 96 valence electrons. The average Bonchev–Trinajstić information content (AvgIpc) is 2.24. The van der Waals surface area contributed by atoms with Gasteiger partial charge in [-0.1, -0.05) is 36.7 Å². The normalized spacial score (nSPS) is 15.6. The summed E-state index contributed by atoms with van der Waals surface area (Å²) in [4.78, 5) is 0. The molecule has 3 nitrogen and oxygen atoms in total. The van der Waals surface area contributed by atoms with Crippen LogP contribution in [0.5, 0.6) is 0 Å². The van der Waals surface area contributed by atoms with Crippen LogP contribution >= 0.6 is 11.6 Å². The van der Waals surface area contributed by atoms with E-state index >= 15 is 0 Å². The monoisotopic (exact) mass is 258 g/mol. The number of halogens is 1. The van der Waals surface area contributed by atoms with Crippen molar-refractivity contribution in [2.45, 2.75) is 38.6 Å². The zero-order chi connectivity index (χ0) is 13.1. The van der Waals surface area contributed by atoms with Crippen molar-refractivity contribution in [3.05, 3.63) is 34.9 Å². The molecular weight excluding hydrogens is 240 g/mol. The van der Waals surface area contributed by atoms with Gasteiger partial charge >= 0.3 is 0 Å². The third-order valence-electron chi connectivity index (χ3n) is 2.57. The molecular formula is C13H19ClO3. The van der Waals surface area contributed by atoms with E-state index in [0.717, 1.165) is 5.56 Å². The van der Waals surface area contributed by atoms with Gasteiger partial charge in [-0.15, -0.1) is 0 Å². The number of hydrogen-bond donors (Lipinski definition) is 2. The summed E-state index contributed by atoms with van der Waals surface area (Å²) in [6.07, 6.45) is -0.491. The summed E-state index contributed by atoms with van der Waals surface area (Å²) in [5, 5.41) is 19.6. The summed E-state index contributed by atoms with van der Waals surface area (Å²) in [7, 11) is 0. The Balaban J connectivity index is 2.87. The van der Waals surface area contributed by atoms with Gasteiger partial charge in [0.05, 0.1) is 12.7 Å². The summed E-state index contributed by atoms with van der Waals surface area (Å²) < 4.78 is 5.41. The quantitative estimate of drug-likeness (QED) is 0.798. The molecule has 2 atom stereocenters. The van der Waals surface area contributed by atoms with Crippen LogP contribution in [0.4, 0.5) is 0 Å². The summed E-state index contributed by atoms with van der Waals surface area (Å²) in [5.74, 6) is -1.37. The van der Waals surface area contributed by atoms with Gasteiger partial charge in [0.15, 0.2) is 5.79 Å². The molecule has 0 radical (unpaired) electrons. The summed E-state index contributed by atoms with van der Waals surface area (Å²) in [6, 6.07) is 7.43. The Kier molecular flexibility index (Phi) is 4.95. The molecule has 0 aromatic heterocycles. The summed E-state index contributed by atoms with van der Waals surface area (Å²) in [6.45, 7) is 4.81. The zero-order valence-corrected chi connectivity index (χ0v) is 11.1. The minimum absolute atomic E-state index is 0.0971. The third kappa shape index (κ3) is 4.28. The fourth-order valence-corrected chi connectivity index (χ4v) is 2.02. The highest BCUT2D eigenvalue weighted by Gasteiger charge is 2.26. The molecule has 1 rings (SSSR count). The molecule has 1 aromatic rings. The highest BCUT2D eigenvalue weighted by Crippen LogP contribution is 2.29. The van der Waals surface area contributed by atoms with Crippen molar-refractivity contribution in [3.8, 4) is 0 Å². The van der Waals surface area contributed by atoms with Crippen molar-refractivity contribution in [1.82, 2.24) is 0 Å². The Hall–Kier alpha value is -0.610. The molecule has 0 fully saturated rings. The number of aliphatic hydroxyl groups excluding tert-OH is 1. The van der Waals surface area contributed by atoms with Gasteiger partial charge < -0.3 is 14.9 Å². The van der Waals surface area contributed by atoms with Crippen LogP contribution in [0.3, 0.4) is 0 Å². The van der Waals surface area contributed by atoms with Crippen molar-refractivity contribution >= 4 is 11.6 Å². The third-order valence-corrected chi connectivity index (χ3v) is 2.92. The van der Waals surface area contributed by atoms with Crippen LogP contribution < -0.4 is 0 Å². The van der Waals surface area contributed by atoms with E-state index in [1.807, 2.05) is 25.1 Å². The van der Waals surface area contributed by atoms with E-state index in [4.69, 9.17) is 16.3 Å². The minimum atomic E-state index is -1.27. The van der Waals surface area contributed by atoms with Gasteiger partial charge in [0.1, 0.15) is 0 Å². The molecule has 0 amide bonds. The van der Waals surface area contributed by atoms with Gasteiger partial charge in [0.2, 0.25) is 0 Å². The first kappa shape index (κ1) is 14.5. The number of rotatable bonds is 5. The molecule has 0 heterocycles. The first-order chi connectivity index (χ1) is 7.85. The van der Waals surface area contributed by atoms with Gasteiger partial charge in [-0.2, -0.15) is 0 Å². The highest BCUT2D eigenvalue weighted by molar-refractivity contribution is 6.31. The van der Waals surface area contributed by atoms with Crippen LogP contribution in [0.1, 0.15) is 32.3 Å². The standard InChI is InChI=1S/C13H19ClO3/c1-9(10-6-4-5-7-11(10)14)12(8-15)17-13(2,3)16/h4-7,9,12,15-16H,8H2,1-3H3. The molecule has 2 unspecified atom stereocenters. The zero-order valence-electron chi connectivity index (χ0n) is 10.4. The minimum Gasteiger partial charge on any atom is -0.394 e. The number of hydrogen-bond acceptors (Lipinski definition) is 3. The Labute approximate surface area is 107 Å². The van der Waals surface area contributed by atoms with E-state index in [-0.39, 0.29) is 12.5 Å². The van der Waals surface area contributed by atoms with Crippen molar-refractivity contribution in [2.24, 2.45) is 0 Å². The molecule has 4 heteroatoms. The summed E-state index contributed by atoms with van der Waals surface area (Å²) in [5.41, 5.74) is 0.900. The first-order valence-corrected chi connectivity index (χ1v) is 5.98. The van der Waals surface area contributed by atoms with E-state index < -0.39 is 11.9 Å². The SMILES string of the molecule is CC(c1ccccc1Cl)C(CO)OC(C)(C)O. The van der Waals surface area contributed by atoms with Crippen LogP contribution in [0.15, 0.2) is 24.3 Å². The number of aliphatic hydroxyl groups is 2. The maximum atomic E-state index is 9.62. The molecule has 0 saturated heterocycles. The fraction of sp³-hybridized carbons (Fsp3) is 0.538. The van der Waals surface area contributed by atoms with E-state index in [2.05, 4.69) is 0 Å². The Morgan fingerprint density at radius 2 is 1.94 bits per heavy atom. The number of benzene rings is 1. The maximum Gasteiger partial charge on any atom is 0.160 e. The Morgan fingerprint density at radius 3 is 2.41 bits per heavy atom. The topological polar surface area (TPSA) is 49.7 Å². The molecule has 17 heavy (non-hydrogen) atoms. The predicted molar refractivity (Wildman–Crippen MR) is 68.1 cm³/mol. The number of ether oxygens (including phenoxy) is 1. The molecule has 0 aliphatic heterocycles. The van der Waals surface area contributed by atoms with Gasteiger partial charge in [-0.3, -0.25) is 0 Å². The molecule has 0 aliphatic rings. The molecule has 0 aliphatic carbocycles. The van der Waals surface area contributed by atoms with E-state index in [1.54, 1.807) is 6.07 Å². The fourth-order valence-electron chi connectivity index (χ4n) is 1.71. The Bertz CT molecular complexity index is 360. The largest absolute Gasteiger partial charge is 0.394 e. The summed E-state index contributed by atoms with van der Waals surface area (Å²) >= 11 is 6.09. The van der Waals surface area contributed by atoms with Crippen molar-refractivity contribution < 1.29 is 14.9 Å². The van der Waals surface area contributed by atoms with Crippen LogP contribution in [-0.4, -0.2) is 28.7 Å². The van der Waals surface area contributed by atoms with Gasteiger partial charge in [0.25, 0.3) is 0 Å². The lowest BCUT2D eigenvalue weighted by atomic mass is 9.95. The molecule has 1 aromatic carbocycles. The second-order valence-corrected chi connectivity index (χ2v) is 5.00. The van der Waals surface area contributed by atoms with Crippen molar-refractivity contribution in [1.29, 1.82) is 0 Å². The van der Waals surface area contributed by atoms with Gasteiger partial charge in [-0.25, -0.2) is 0 Å². The predicted octanol–water partition coefficient (Wildman–Crippen LogP) is 2.55. The van der Waals surface area contributed by atoms with E-state index in [9.17, 15) is 10.2 Å². The van der Waals surface area contributed by atoms with E-state index in [0.29, 0.717) is 5.02 Å². The van der Waals surface area contributed by atoms with Crippen molar-refractivity contribution in [3.63, 3.8) is 0 Å².